The van der Waals surface area contributed by atoms with Crippen molar-refractivity contribution in [1.29, 1.82) is 0 Å². The molecule has 0 unspecified atom stereocenters. The molecule has 3 rings (SSSR count). The molecule has 0 fully saturated rings. The Labute approximate surface area is 138 Å². The van der Waals surface area contributed by atoms with Crippen LogP contribution in [0.4, 0.5) is 5.82 Å². The largest absolute Gasteiger partial charge is 0.351 e. The quantitative estimate of drug-likeness (QED) is 0.630. The van der Waals surface area contributed by atoms with Gasteiger partial charge in [0.25, 0.3) is 0 Å². The second kappa shape index (κ2) is 6.41. The fourth-order valence-corrected chi connectivity index (χ4v) is 3.32. The van der Waals surface area contributed by atoms with Crippen LogP contribution in [0.3, 0.4) is 0 Å². The van der Waals surface area contributed by atoms with Crippen molar-refractivity contribution in [1.82, 2.24) is 4.98 Å². The molecule has 1 heterocycles. The maximum atomic E-state index is 4.85. The van der Waals surface area contributed by atoms with Gasteiger partial charge in [-0.2, -0.15) is 0 Å². The van der Waals surface area contributed by atoms with Crippen LogP contribution in [-0.2, 0) is 0 Å². The van der Waals surface area contributed by atoms with Gasteiger partial charge >= 0.3 is 0 Å². The molecule has 0 saturated heterocycles. The number of aromatic nitrogens is 1. The van der Waals surface area contributed by atoms with E-state index < -0.39 is 0 Å². The summed E-state index contributed by atoms with van der Waals surface area (Å²) in [6.45, 7) is 8.90. The number of hydrogen-bond donors (Lipinski definition) is 0. The Balaban J connectivity index is 2.25. The maximum absolute atomic E-state index is 4.85. The molecule has 0 bridgehead atoms. The highest BCUT2D eigenvalue weighted by molar-refractivity contribution is 6.02. The summed E-state index contributed by atoms with van der Waals surface area (Å²) in [5, 5.41) is 2.48. The number of rotatable bonds is 4. The zero-order valence-corrected chi connectivity index (χ0v) is 14.3. The Morgan fingerprint density at radius 3 is 1.91 bits per heavy atom. The molecule has 0 N–H and O–H groups in total. The van der Waals surface area contributed by atoms with Crippen LogP contribution in [0, 0.1) is 0 Å². The van der Waals surface area contributed by atoms with Crippen molar-refractivity contribution in [3.8, 4) is 11.1 Å². The van der Waals surface area contributed by atoms with Gasteiger partial charge in [-0.15, -0.1) is 0 Å². The first-order valence-electron chi connectivity index (χ1n) is 8.31. The van der Waals surface area contributed by atoms with Crippen molar-refractivity contribution in [3.63, 3.8) is 0 Å². The van der Waals surface area contributed by atoms with Crippen molar-refractivity contribution in [2.45, 2.75) is 39.8 Å². The summed E-state index contributed by atoms with van der Waals surface area (Å²) in [7, 11) is 0. The van der Waals surface area contributed by atoms with Gasteiger partial charge in [0, 0.05) is 29.2 Å². The fourth-order valence-electron chi connectivity index (χ4n) is 3.32. The van der Waals surface area contributed by atoms with E-state index in [1.54, 1.807) is 0 Å². The van der Waals surface area contributed by atoms with Gasteiger partial charge in [-0.3, -0.25) is 0 Å². The zero-order chi connectivity index (χ0) is 16.4. The van der Waals surface area contributed by atoms with E-state index in [0.29, 0.717) is 12.1 Å². The predicted molar refractivity (Wildman–Crippen MR) is 99.9 cm³/mol. The molecule has 118 valence electrons. The minimum atomic E-state index is 0.411. The summed E-state index contributed by atoms with van der Waals surface area (Å²) >= 11 is 0. The first-order chi connectivity index (χ1) is 11.1. The topological polar surface area (TPSA) is 16.1 Å². The molecule has 1 aromatic heterocycles. The summed E-state index contributed by atoms with van der Waals surface area (Å²) in [4.78, 5) is 7.24. The minimum absolute atomic E-state index is 0.411. The molecule has 0 atom stereocenters. The average Bonchev–Trinajstić information content (AvgIpc) is 2.55. The number of pyridine rings is 1. The second-order valence-corrected chi connectivity index (χ2v) is 6.50. The Bertz CT molecular complexity index is 783. The Morgan fingerprint density at radius 2 is 1.30 bits per heavy atom. The molecule has 3 aromatic rings. The molecule has 0 aliphatic carbocycles. The van der Waals surface area contributed by atoms with Gasteiger partial charge < -0.3 is 4.90 Å². The highest BCUT2D eigenvalue weighted by Crippen LogP contribution is 2.34. The number of anilines is 1. The monoisotopic (exact) mass is 304 g/mol. The van der Waals surface area contributed by atoms with E-state index in [1.165, 1.54) is 21.9 Å². The lowest BCUT2D eigenvalue weighted by Crippen LogP contribution is -2.37. The van der Waals surface area contributed by atoms with Gasteiger partial charge in [-0.05, 0) is 38.6 Å². The molecule has 0 radical (unpaired) electrons. The van der Waals surface area contributed by atoms with Crippen LogP contribution in [0.5, 0.6) is 0 Å². The second-order valence-electron chi connectivity index (χ2n) is 6.50. The van der Waals surface area contributed by atoms with E-state index in [-0.39, 0.29) is 0 Å². The summed E-state index contributed by atoms with van der Waals surface area (Å²) in [6.07, 6.45) is 2.02. The Kier molecular flexibility index (Phi) is 4.33. The van der Waals surface area contributed by atoms with Gasteiger partial charge in [0.2, 0.25) is 0 Å². The fraction of sp³-hybridized carbons (Fsp3) is 0.286. The average molecular weight is 304 g/mol. The van der Waals surface area contributed by atoms with Crippen LogP contribution >= 0.6 is 0 Å². The smallest absolute Gasteiger partial charge is 0.136 e. The molecule has 0 spiro atoms. The van der Waals surface area contributed by atoms with Crippen LogP contribution in [0.25, 0.3) is 21.9 Å². The van der Waals surface area contributed by atoms with Gasteiger partial charge in [-0.25, -0.2) is 4.98 Å². The molecule has 2 heteroatoms. The predicted octanol–water partition coefficient (Wildman–Crippen LogP) is 5.53. The van der Waals surface area contributed by atoms with Crippen molar-refractivity contribution in [2.75, 3.05) is 4.90 Å². The van der Waals surface area contributed by atoms with Crippen molar-refractivity contribution in [2.24, 2.45) is 0 Å². The Hall–Kier alpha value is -2.35. The third-order valence-corrected chi connectivity index (χ3v) is 4.22. The SMILES string of the molecule is CC(C)N(c1ncc(-c2ccccc2)c2ccccc12)C(C)C. The van der Waals surface area contributed by atoms with Crippen LogP contribution < -0.4 is 4.90 Å². The number of fused-ring (bicyclic) bond motifs is 1. The zero-order valence-electron chi connectivity index (χ0n) is 14.3. The minimum Gasteiger partial charge on any atom is -0.351 e. The third-order valence-electron chi connectivity index (χ3n) is 4.22. The lowest BCUT2D eigenvalue weighted by atomic mass is 10.00. The van der Waals surface area contributed by atoms with Gasteiger partial charge in [0.15, 0.2) is 0 Å². The van der Waals surface area contributed by atoms with E-state index in [9.17, 15) is 0 Å². The van der Waals surface area contributed by atoms with E-state index >= 15 is 0 Å². The van der Waals surface area contributed by atoms with Crippen LogP contribution in [-0.4, -0.2) is 17.1 Å². The lowest BCUT2D eigenvalue weighted by molar-refractivity contribution is 0.603. The number of nitrogens with zero attached hydrogens (tertiary/aromatic N) is 2. The molecule has 2 aromatic carbocycles. The van der Waals surface area contributed by atoms with Crippen molar-refractivity contribution >= 4 is 16.6 Å². The molecule has 0 saturated carbocycles. The molecule has 2 nitrogen and oxygen atoms in total. The van der Waals surface area contributed by atoms with E-state index in [1.807, 2.05) is 12.3 Å². The summed E-state index contributed by atoms with van der Waals surface area (Å²) in [6, 6.07) is 19.9. The molecule has 0 aliphatic heterocycles. The molecule has 0 amide bonds. The third kappa shape index (κ3) is 2.94. The van der Waals surface area contributed by atoms with Crippen LogP contribution in [0.15, 0.2) is 60.8 Å². The lowest BCUT2D eigenvalue weighted by Gasteiger charge is -2.33. The normalized spacial score (nSPS) is 11.4. The number of benzene rings is 2. The van der Waals surface area contributed by atoms with E-state index in [0.717, 1.165) is 5.82 Å². The van der Waals surface area contributed by atoms with Crippen molar-refractivity contribution < 1.29 is 0 Å². The van der Waals surface area contributed by atoms with E-state index in [4.69, 9.17) is 4.98 Å². The molecule has 0 aliphatic rings. The maximum Gasteiger partial charge on any atom is 0.136 e. The molecule has 23 heavy (non-hydrogen) atoms. The summed E-state index contributed by atoms with van der Waals surface area (Å²) in [5.41, 5.74) is 2.40. The van der Waals surface area contributed by atoms with Gasteiger partial charge in [-0.1, -0.05) is 54.6 Å². The standard InChI is InChI=1S/C21H24N2/c1-15(2)23(16(3)4)21-19-13-9-8-12-18(19)20(14-22-21)17-10-6-5-7-11-17/h5-16H,1-4H3. The van der Waals surface area contributed by atoms with Gasteiger partial charge in [0.05, 0.1) is 0 Å². The van der Waals surface area contributed by atoms with Crippen molar-refractivity contribution in [3.05, 3.63) is 60.8 Å². The molecular formula is C21H24N2. The Morgan fingerprint density at radius 1 is 0.739 bits per heavy atom. The van der Waals surface area contributed by atoms with E-state index in [2.05, 4.69) is 81.1 Å². The van der Waals surface area contributed by atoms with Crippen LogP contribution in [0.1, 0.15) is 27.7 Å². The highest BCUT2D eigenvalue weighted by atomic mass is 15.2. The van der Waals surface area contributed by atoms with Crippen LogP contribution in [0.2, 0.25) is 0 Å². The number of hydrogen-bond acceptors (Lipinski definition) is 2. The molecular weight excluding hydrogens is 280 g/mol. The summed E-state index contributed by atoms with van der Waals surface area (Å²) in [5.74, 6) is 1.07. The van der Waals surface area contributed by atoms with Gasteiger partial charge in [0.1, 0.15) is 5.82 Å². The highest BCUT2D eigenvalue weighted by Gasteiger charge is 2.19. The summed E-state index contributed by atoms with van der Waals surface area (Å²) < 4.78 is 0. The first-order valence-corrected chi connectivity index (χ1v) is 8.31. The first kappa shape index (κ1) is 15.5.